The van der Waals surface area contributed by atoms with E-state index in [-0.39, 0.29) is 6.61 Å². The fourth-order valence-electron chi connectivity index (χ4n) is 0.327. The molecule has 0 aliphatic rings. The second kappa shape index (κ2) is 5.10. The molecule has 0 atom stereocenters. The smallest absolute Gasteiger partial charge is 0.440 e. The van der Waals surface area contributed by atoms with E-state index >= 15 is 0 Å². The highest BCUT2D eigenvalue weighted by Crippen LogP contribution is 1.89. The summed E-state index contributed by atoms with van der Waals surface area (Å²) >= 11 is 0. The van der Waals surface area contributed by atoms with Gasteiger partial charge in [0.2, 0.25) is 0 Å². The molecule has 0 spiro atoms. The van der Waals surface area contributed by atoms with Crippen molar-refractivity contribution in [3.63, 3.8) is 0 Å². The lowest BCUT2D eigenvalue weighted by atomic mass is 10.3. The third kappa shape index (κ3) is 6.96. The first-order valence-electron chi connectivity index (χ1n) is 2.53. The van der Waals surface area contributed by atoms with Gasteiger partial charge in [0.25, 0.3) is 0 Å². The van der Waals surface area contributed by atoms with Gasteiger partial charge in [0, 0.05) is 6.42 Å². The summed E-state index contributed by atoms with van der Waals surface area (Å²) in [6.07, 6.45) is 4.14. The average Bonchev–Trinajstić information content (AvgIpc) is 1.80. The number of rotatable bonds is 3. The van der Waals surface area contributed by atoms with Crippen LogP contribution in [-0.2, 0) is 4.74 Å². The van der Waals surface area contributed by atoms with Crippen LogP contribution in [0.25, 0.3) is 0 Å². The predicted octanol–water partition coefficient (Wildman–Crippen LogP) is 1.51. The summed E-state index contributed by atoms with van der Waals surface area (Å²) in [6, 6.07) is 0. The summed E-state index contributed by atoms with van der Waals surface area (Å²) in [6.45, 7) is 0.0690. The SMILES string of the molecule is C#CCCCOC(=O)F. The Labute approximate surface area is 53.0 Å². The number of carbonyl (C=O) groups is 1. The van der Waals surface area contributed by atoms with Crippen LogP contribution < -0.4 is 0 Å². The van der Waals surface area contributed by atoms with Crippen molar-refractivity contribution in [1.82, 2.24) is 0 Å². The van der Waals surface area contributed by atoms with E-state index in [0.717, 1.165) is 0 Å². The Morgan fingerprint density at radius 1 is 1.78 bits per heavy atom. The Morgan fingerprint density at radius 2 is 2.44 bits per heavy atom. The second-order valence-electron chi connectivity index (χ2n) is 1.39. The number of ether oxygens (including phenoxy) is 1. The van der Waals surface area contributed by atoms with Crippen molar-refractivity contribution in [2.75, 3.05) is 6.61 Å². The van der Waals surface area contributed by atoms with Gasteiger partial charge < -0.3 is 4.74 Å². The monoisotopic (exact) mass is 130 g/mol. The molecule has 9 heavy (non-hydrogen) atoms. The van der Waals surface area contributed by atoms with Crippen molar-refractivity contribution in [3.05, 3.63) is 0 Å². The zero-order chi connectivity index (χ0) is 7.11. The second-order valence-corrected chi connectivity index (χ2v) is 1.39. The summed E-state index contributed by atoms with van der Waals surface area (Å²) in [5, 5.41) is 0. The van der Waals surface area contributed by atoms with Gasteiger partial charge in [0.15, 0.2) is 0 Å². The maximum Gasteiger partial charge on any atom is 0.495 e. The molecule has 0 N–H and O–H groups in total. The standard InChI is InChI=1S/C6H7FO2/c1-2-3-4-5-9-6(7)8/h1H,3-5H2. The van der Waals surface area contributed by atoms with Gasteiger partial charge in [-0.1, -0.05) is 0 Å². The molecule has 50 valence electrons. The maximum atomic E-state index is 11.2. The van der Waals surface area contributed by atoms with Crippen LogP contribution >= 0.6 is 0 Å². The minimum absolute atomic E-state index is 0.0690. The number of terminal acetylenes is 1. The number of halogens is 1. The van der Waals surface area contributed by atoms with Crippen molar-refractivity contribution in [2.45, 2.75) is 12.8 Å². The van der Waals surface area contributed by atoms with E-state index in [2.05, 4.69) is 10.7 Å². The highest BCUT2D eigenvalue weighted by Gasteiger charge is 1.94. The first-order valence-corrected chi connectivity index (χ1v) is 2.53. The average molecular weight is 130 g/mol. The Balaban J connectivity index is 2.94. The largest absolute Gasteiger partial charge is 0.495 e. The van der Waals surface area contributed by atoms with E-state index in [1.807, 2.05) is 0 Å². The Morgan fingerprint density at radius 3 is 2.89 bits per heavy atom. The van der Waals surface area contributed by atoms with Gasteiger partial charge in [-0.15, -0.1) is 16.7 Å². The molecule has 0 fully saturated rings. The zero-order valence-corrected chi connectivity index (χ0v) is 4.89. The fourth-order valence-corrected chi connectivity index (χ4v) is 0.327. The summed E-state index contributed by atoms with van der Waals surface area (Å²) < 4.78 is 15.2. The molecule has 0 unspecified atom stereocenters. The normalized spacial score (nSPS) is 8.00. The van der Waals surface area contributed by atoms with Crippen LogP contribution in [0.1, 0.15) is 12.8 Å². The number of carbonyl (C=O) groups excluding carboxylic acids is 1. The maximum absolute atomic E-state index is 11.2. The molecule has 0 amide bonds. The van der Waals surface area contributed by atoms with E-state index < -0.39 is 6.22 Å². The molecular weight excluding hydrogens is 123 g/mol. The van der Waals surface area contributed by atoms with Gasteiger partial charge in [-0.05, 0) is 6.42 Å². The van der Waals surface area contributed by atoms with Crippen molar-refractivity contribution < 1.29 is 13.9 Å². The van der Waals surface area contributed by atoms with Gasteiger partial charge in [0.05, 0.1) is 6.61 Å². The van der Waals surface area contributed by atoms with E-state index in [0.29, 0.717) is 12.8 Å². The zero-order valence-electron chi connectivity index (χ0n) is 4.89. The van der Waals surface area contributed by atoms with Crippen LogP contribution in [0.2, 0.25) is 0 Å². The lowest BCUT2D eigenvalue weighted by molar-refractivity contribution is 0.120. The summed E-state index contributed by atoms with van der Waals surface area (Å²) in [5.74, 6) is 2.33. The van der Waals surface area contributed by atoms with Crippen LogP contribution in [0.3, 0.4) is 0 Å². The summed E-state index contributed by atoms with van der Waals surface area (Å²) in [7, 11) is 0. The number of unbranched alkanes of at least 4 members (excludes halogenated alkanes) is 1. The van der Waals surface area contributed by atoms with Crippen molar-refractivity contribution in [2.24, 2.45) is 0 Å². The minimum atomic E-state index is -1.74. The van der Waals surface area contributed by atoms with Crippen molar-refractivity contribution in [3.8, 4) is 12.3 Å². The molecule has 0 saturated carbocycles. The lowest BCUT2D eigenvalue weighted by Crippen LogP contribution is -1.96. The molecule has 0 saturated heterocycles. The number of hydrogen-bond donors (Lipinski definition) is 0. The fraction of sp³-hybridized carbons (Fsp3) is 0.500. The molecule has 0 bridgehead atoms. The quantitative estimate of drug-likeness (QED) is 0.329. The van der Waals surface area contributed by atoms with Crippen LogP contribution in [0.15, 0.2) is 0 Å². The van der Waals surface area contributed by atoms with Crippen molar-refractivity contribution in [1.29, 1.82) is 0 Å². The Bertz CT molecular complexity index is 126. The van der Waals surface area contributed by atoms with Gasteiger partial charge in [0.1, 0.15) is 0 Å². The first-order chi connectivity index (χ1) is 4.27. The Hall–Kier alpha value is -1.04. The van der Waals surface area contributed by atoms with Crippen LogP contribution in [-0.4, -0.2) is 12.8 Å². The number of hydrogen-bond acceptors (Lipinski definition) is 2. The highest BCUT2D eigenvalue weighted by atomic mass is 19.1. The topological polar surface area (TPSA) is 26.3 Å². The van der Waals surface area contributed by atoms with Crippen LogP contribution in [0, 0.1) is 12.3 Å². The minimum Gasteiger partial charge on any atom is -0.440 e. The molecule has 0 rings (SSSR count). The van der Waals surface area contributed by atoms with Gasteiger partial charge in [-0.3, -0.25) is 0 Å². The van der Waals surface area contributed by atoms with Gasteiger partial charge >= 0.3 is 6.22 Å². The van der Waals surface area contributed by atoms with Gasteiger partial charge in [-0.2, -0.15) is 0 Å². The molecule has 2 nitrogen and oxygen atoms in total. The molecule has 0 heterocycles. The lowest BCUT2D eigenvalue weighted by Gasteiger charge is -1.93. The summed E-state index contributed by atoms with van der Waals surface area (Å²) in [4.78, 5) is 9.47. The highest BCUT2D eigenvalue weighted by molar-refractivity contribution is 5.57. The molecule has 0 aliphatic carbocycles. The Kier molecular flexibility index (Phi) is 4.51. The van der Waals surface area contributed by atoms with E-state index in [9.17, 15) is 9.18 Å². The van der Waals surface area contributed by atoms with Crippen LogP contribution in [0.4, 0.5) is 9.18 Å². The van der Waals surface area contributed by atoms with Gasteiger partial charge in [-0.25, -0.2) is 4.79 Å². The van der Waals surface area contributed by atoms with Crippen molar-refractivity contribution >= 4 is 6.22 Å². The predicted molar refractivity (Wildman–Crippen MR) is 30.5 cm³/mol. The summed E-state index contributed by atoms with van der Waals surface area (Å²) in [5.41, 5.74) is 0. The first kappa shape index (κ1) is 7.96. The molecular formula is C6H7FO2. The van der Waals surface area contributed by atoms with E-state index in [4.69, 9.17) is 6.42 Å². The molecule has 0 aromatic rings. The third-order valence-corrected chi connectivity index (χ3v) is 0.681. The molecule has 0 aromatic heterocycles. The molecule has 0 aliphatic heterocycles. The van der Waals surface area contributed by atoms with E-state index in [1.54, 1.807) is 0 Å². The molecule has 0 aromatic carbocycles. The third-order valence-electron chi connectivity index (χ3n) is 0.681. The van der Waals surface area contributed by atoms with Crippen LogP contribution in [0.5, 0.6) is 0 Å². The molecule has 0 radical (unpaired) electrons. The molecule has 3 heteroatoms. The van der Waals surface area contributed by atoms with E-state index in [1.165, 1.54) is 0 Å².